The number of H-pyrrole nitrogens is 1. The zero-order chi connectivity index (χ0) is 12.6. The van der Waals surface area contributed by atoms with E-state index in [1.807, 2.05) is 13.0 Å². The van der Waals surface area contributed by atoms with Crippen LogP contribution < -0.4 is 5.73 Å². The molecule has 0 fully saturated rings. The van der Waals surface area contributed by atoms with Crippen LogP contribution in [0.3, 0.4) is 0 Å². The molecule has 0 atom stereocenters. The van der Waals surface area contributed by atoms with Gasteiger partial charge < -0.3 is 10.8 Å². The Bertz CT molecular complexity index is 587. The predicted molar refractivity (Wildman–Crippen MR) is 64.9 cm³/mol. The number of nitrogens with one attached hydrogen (secondary N) is 1. The Hall–Kier alpha value is -2.30. The number of carboxylic acid groups (broad SMARTS) is 1. The summed E-state index contributed by atoms with van der Waals surface area (Å²) < 4.78 is 0. The zero-order valence-corrected chi connectivity index (χ0v) is 9.61. The van der Waals surface area contributed by atoms with Crippen molar-refractivity contribution in [3.05, 3.63) is 35.0 Å². The number of nitrogens with two attached hydrogens (primary N) is 1. The van der Waals surface area contributed by atoms with Gasteiger partial charge in [-0.3, -0.25) is 5.10 Å². The zero-order valence-electron chi connectivity index (χ0n) is 9.61. The highest BCUT2D eigenvalue weighted by atomic mass is 16.4. The number of aromatic nitrogens is 2. The molecule has 5 nitrogen and oxygen atoms in total. The van der Waals surface area contributed by atoms with Crippen molar-refractivity contribution in [1.29, 1.82) is 0 Å². The molecule has 1 aromatic heterocycles. The van der Waals surface area contributed by atoms with Gasteiger partial charge in [-0.05, 0) is 31.5 Å². The Morgan fingerprint density at radius 2 is 2.12 bits per heavy atom. The third-order valence-electron chi connectivity index (χ3n) is 2.70. The van der Waals surface area contributed by atoms with Gasteiger partial charge in [-0.1, -0.05) is 6.07 Å². The molecule has 5 heteroatoms. The second kappa shape index (κ2) is 3.93. The van der Waals surface area contributed by atoms with Gasteiger partial charge in [0.2, 0.25) is 0 Å². The van der Waals surface area contributed by atoms with Gasteiger partial charge >= 0.3 is 5.97 Å². The van der Waals surface area contributed by atoms with Crippen molar-refractivity contribution in [1.82, 2.24) is 10.2 Å². The highest BCUT2D eigenvalue weighted by Gasteiger charge is 2.18. The highest BCUT2D eigenvalue weighted by Crippen LogP contribution is 2.26. The molecule has 0 radical (unpaired) electrons. The molecule has 0 spiro atoms. The van der Waals surface area contributed by atoms with Crippen LogP contribution in [0.15, 0.2) is 18.2 Å². The summed E-state index contributed by atoms with van der Waals surface area (Å²) in [4.78, 5) is 11.1. The molecule has 0 amide bonds. The van der Waals surface area contributed by atoms with E-state index < -0.39 is 5.97 Å². The minimum absolute atomic E-state index is 0.203. The number of hydrogen-bond donors (Lipinski definition) is 3. The number of nitrogens with zero attached hydrogens (tertiary/aromatic N) is 1. The molecular weight excluding hydrogens is 218 g/mol. The van der Waals surface area contributed by atoms with E-state index in [0.29, 0.717) is 17.1 Å². The monoisotopic (exact) mass is 231 g/mol. The van der Waals surface area contributed by atoms with Crippen molar-refractivity contribution < 1.29 is 9.90 Å². The van der Waals surface area contributed by atoms with Gasteiger partial charge in [-0.25, -0.2) is 4.79 Å². The van der Waals surface area contributed by atoms with E-state index in [4.69, 9.17) is 10.8 Å². The Labute approximate surface area is 98.3 Å². The summed E-state index contributed by atoms with van der Waals surface area (Å²) in [5, 5.41) is 15.9. The largest absolute Gasteiger partial charge is 0.478 e. The molecule has 0 aliphatic carbocycles. The van der Waals surface area contributed by atoms with E-state index in [9.17, 15) is 4.79 Å². The van der Waals surface area contributed by atoms with E-state index in [-0.39, 0.29) is 5.56 Å². The first-order valence-corrected chi connectivity index (χ1v) is 5.15. The molecule has 1 aromatic carbocycles. The summed E-state index contributed by atoms with van der Waals surface area (Å²) in [6, 6.07) is 5.35. The Balaban J connectivity index is 2.60. The smallest absolute Gasteiger partial charge is 0.339 e. The molecule has 88 valence electrons. The normalized spacial score (nSPS) is 10.5. The second-order valence-corrected chi connectivity index (χ2v) is 3.95. The number of rotatable bonds is 2. The van der Waals surface area contributed by atoms with Gasteiger partial charge in [-0.15, -0.1) is 0 Å². The summed E-state index contributed by atoms with van der Waals surface area (Å²) in [6.45, 7) is 3.56. The number of nitrogen functional groups attached to an aromatic ring is 1. The maximum atomic E-state index is 11.1. The number of aryl methyl sites for hydroxylation is 2. The lowest BCUT2D eigenvalue weighted by Crippen LogP contribution is -2.00. The van der Waals surface area contributed by atoms with Crippen molar-refractivity contribution in [2.45, 2.75) is 13.8 Å². The molecule has 0 aliphatic heterocycles. The van der Waals surface area contributed by atoms with Crippen LogP contribution in [0.25, 0.3) is 11.3 Å². The van der Waals surface area contributed by atoms with Crippen molar-refractivity contribution in [2.75, 3.05) is 5.73 Å². The highest BCUT2D eigenvalue weighted by molar-refractivity contribution is 5.96. The van der Waals surface area contributed by atoms with Gasteiger partial charge in [-0.2, -0.15) is 5.10 Å². The van der Waals surface area contributed by atoms with Crippen LogP contribution in [0.1, 0.15) is 21.6 Å². The van der Waals surface area contributed by atoms with Crippen LogP contribution in [0.4, 0.5) is 5.69 Å². The van der Waals surface area contributed by atoms with Gasteiger partial charge in [0.25, 0.3) is 0 Å². The number of anilines is 1. The molecule has 1 heterocycles. The summed E-state index contributed by atoms with van der Waals surface area (Å²) in [6.07, 6.45) is 0. The van der Waals surface area contributed by atoms with E-state index >= 15 is 0 Å². The number of benzene rings is 1. The lowest BCUT2D eigenvalue weighted by atomic mass is 10.0. The van der Waals surface area contributed by atoms with Crippen molar-refractivity contribution in [2.24, 2.45) is 0 Å². The lowest BCUT2D eigenvalue weighted by Gasteiger charge is -2.03. The molecule has 0 saturated carbocycles. The third-order valence-corrected chi connectivity index (χ3v) is 2.70. The summed E-state index contributed by atoms with van der Waals surface area (Å²) in [7, 11) is 0. The number of aromatic carboxylic acids is 1. The fraction of sp³-hybridized carbons (Fsp3) is 0.167. The minimum atomic E-state index is -0.985. The number of aromatic amines is 1. The van der Waals surface area contributed by atoms with Crippen LogP contribution in [-0.2, 0) is 0 Å². The first-order chi connectivity index (χ1) is 8.00. The number of hydrogen-bond acceptors (Lipinski definition) is 3. The average Bonchev–Trinajstić information content (AvgIpc) is 2.64. The molecule has 4 N–H and O–H groups in total. The van der Waals surface area contributed by atoms with Crippen LogP contribution in [0.2, 0.25) is 0 Å². The predicted octanol–water partition coefficient (Wildman–Crippen LogP) is 1.97. The van der Waals surface area contributed by atoms with E-state index in [0.717, 1.165) is 11.1 Å². The van der Waals surface area contributed by atoms with Crippen LogP contribution in [-0.4, -0.2) is 21.3 Å². The molecular formula is C12H13N3O2. The van der Waals surface area contributed by atoms with E-state index in [2.05, 4.69) is 10.2 Å². The molecule has 0 bridgehead atoms. The van der Waals surface area contributed by atoms with Gasteiger partial charge in [0, 0.05) is 16.9 Å². The van der Waals surface area contributed by atoms with Gasteiger partial charge in [0.15, 0.2) is 0 Å². The van der Waals surface area contributed by atoms with E-state index in [1.165, 1.54) is 0 Å². The number of carbonyl (C=O) groups is 1. The molecule has 2 rings (SSSR count). The first-order valence-electron chi connectivity index (χ1n) is 5.15. The maximum absolute atomic E-state index is 11.1. The average molecular weight is 231 g/mol. The molecule has 2 aromatic rings. The second-order valence-electron chi connectivity index (χ2n) is 3.95. The first kappa shape index (κ1) is 11.2. The fourth-order valence-electron chi connectivity index (χ4n) is 1.72. The van der Waals surface area contributed by atoms with Crippen LogP contribution >= 0.6 is 0 Å². The van der Waals surface area contributed by atoms with Crippen LogP contribution in [0.5, 0.6) is 0 Å². The Morgan fingerprint density at radius 1 is 1.41 bits per heavy atom. The topological polar surface area (TPSA) is 92.0 Å². The lowest BCUT2D eigenvalue weighted by molar-refractivity contribution is 0.0697. The molecule has 0 saturated heterocycles. The van der Waals surface area contributed by atoms with Crippen LogP contribution in [0, 0.1) is 13.8 Å². The van der Waals surface area contributed by atoms with E-state index in [1.54, 1.807) is 19.1 Å². The van der Waals surface area contributed by atoms with Crippen molar-refractivity contribution in [3.63, 3.8) is 0 Å². The third kappa shape index (κ3) is 1.87. The summed E-state index contributed by atoms with van der Waals surface area (Å²) in [5.41, 5.74) is 9.24. The maximum Gasteiger partial charge on any atom is 0.339 e. The van der Waals surface area contributed by atoms with Crippen molar-refractivity contribution >= 4 is 11.7 Å². The molecule has 17 heavy (non-hydrogen) atoms. The Morgan fingerprint density at radius 3 is 2.71 bits per heavy atom. The molecule has 0 aliphatic rings. The number of carboxylic acids is 1. The molecule has 0 unspecified atom stereocenters. The standard InChI is InChI=1S/C12H13N3O2/c1-6-5-8(3-4-9(6)13)11-10(12(16)17)7(2)14-15-11/h3-5H,13H2,1-2H3,(H,14,15)(H,16,17). The fourth-order valence-corrected chi connectivity index (χ4v) is 1.72. The quantitative estimate of drug-likeness (QED) is 0.689. The van der Waals surface area contributed by atoms with Gasteiger partial charge in [0.05, 0.1) is 0 Å². The SMILES string of the molecule is Cc1cc(-c2n[nH]c(C)c2C(=O)O)ccc1N. The summed E-state index contributed by atoms with van der Waals surface area (Å²) >= 11 is 0. The Kier molecular flexibility index (Phi) is 2.59. The van der Waals surface area contributed by atoms with Crippen molar-refractivity contribution in [3.8, 4) is 11.3 Å². The van der Waals surface area contributed by atoms with Gasteiger partial charge in [0.1, 0.15) is 11.3 Å². The summed E-state index contributed by atoms with van der Waals surface area (Å²) in [5.74, 6) is -0.985. The minimum Gasteiger partial charge on any atom is -0.478 e.